The van der Waals surface area contributed by atoms with Crippen molar-refractivity contribution in [2.45, 2.75) is 18.8 Å². The van der Waals surface area contributed by atoms with Gasteiger partial charge in [-0.2, -0.15) is 4.98 Å². The molecule has 140 valence electrons. The Morgan fingerprint density at radius 2 is 2.04 bits per heavy atom. The number of hydrogen-bond donors (Lipinski definition) is 0. The molecule has 3 aromatic rings. The van der Waals surface area contributed by atoms with Crippen LogP contribution in [-0.2, 0) is 0 Å². The smallest absolute Gasteiger partial charge is 0.231 e. The normalized spacial score (nSPS) is 17.7. The average Bonchev–Trinajstić information content (AvgIpc) is 3.20. The molecule has 1 saturated heterocycles. The van der Waals surface area contributed by atoms with Crippen LogP contribution in [-0.4, -0.2) is 41.3 Å². The highest BCUT2D eigenvalue weighted by Gasteiger charge is 2.26. The first kappa shape index (κ1) is 17.7. The summed E-state index contributed by atoms with van der Waals surface area (Å²) in [6.45, 7) is 3.41. The maximum atomic E-state index is 13.4. The van der Waals surface area contributed by atoms with Crippen molar-refractivity contribution < 1.29 is 13.7 Å². The van der Waals surface area contributed by atoms with E-state index in [0.29, 0.717) is 23.9 Å². The zero-order valence-corrected chi connectivity index (χ0v) is 15.1. The first-order valence-electron chi connectivity index (χ1n) is 9.28. The number of piperidine rings is 1. The Bertz CT molecular complexity index is 869. The molecule has 2 aromatic carbocycles. The molecule has 27 heavy (non-hydrogen) atoms. The first-order chi connectivity index (χ1) is 13.3. The summed E-state index contributed by atoms with van der Waals surface area (Å²) in [5.74, 6) is 1.85. The molecule has 0 spiro atoms. The molecular formula is C21H22FN3O2. The van der Waals surface area contributed by atoms with E-state index in [1.807, 2.05) is 30.3 Å². The zero-order valence-electron chi connectivity index (χ0n) is 15.1. The van der Waals surface area contributed by atoms with Crippen LogP contribution < -0.4 is 4.74 Å². The van der Waals surface area contributed by atoms with E-state index in [1.54, 1.807) is 12.1 Å². The molecule has 0 amide bonds. The topological polar surface area (TPSA) is 51.4 Å². The molecule has 1 aromatic heterocycles. The number of hydrogen-bond acceptors (Lipinski definition) is 5. The molecule has 1 aliphatic rings. The molecule has 5 nitrogen and oxygen atoms in total. The van der Waals surface area contributed by atoms with Crippen LogP contribution in [0.1, 0.15) is 24.7 Å². The standard InChI is InChI=1S/C21H22FN3O2/c22-18-8-4-6-16(14-18)20-23-21(27-24-20)17-7-5-11-25(15-17)12-13-26-19-9-2-1-3-10-19/h1-4,6,8-10,14,17H,5,7,11-13,15H2. The predicted octanol–water partition coefficient (Wildman–Crippen LogP) is 4.13. The lowest BCUT2D eigenvalue weighted by atomic mass is 9.98. The van der Waals surface area contributed by atoms with Gasteiger partial charge in [0.05, 0.1) is 5.92 Å². The van der Waals surface area contributed by atoms with Gasteiger partial charge in [-0.1, -0.05) is 35.5 Å². The van der Waals surface area contributed by atoms with Crippen molar-refractivity contribution in [1.82, 2.24) is 15.0 Å². The molecule has 0 saturated carbocycles. The molecule has 1 atom stereocenters. The molecular weight excluding hydrogens is 345 g/mol. The van der Waals surface area contributed by atoms with Gasteiger partial charge in [0.25, 0.3) is 0 Å². The van der Waals surface area contributed by atoms with Gasteiger partial charge in [-0.15, -0.1) is 0 Å². The molecule has 1 unspecified atom stereocenters. The molecule has 4 rings (SSSR count). The van der Waals surface area contributed by atoms with Crippen LogP contribution in [0.15, 0.2) is 59.1 Å². The van der Waals surface area contributed by atoms with Gasteiger partial charge in [0, 0.05) is 18.7 Å². The lowest BCUT2D eigenvalue weighted by Crippen LogP contribution is -2.37. The van der Waals surface area contributed by atoms with Gasteiger partial charge in [0.15, 0.2) is 0 Å². The highest BCUT2D eigenvalue weighted by molar-refractivity contribution is 5.53. The Balaban J connectivity index is 1.34. The third kappa shape index (κ3) is 4.52. The molecule has 1 aliphatic heterocycles. The highest BCUT2D eigenvalue weighted by Crippen LogP contribution is 2.27. The van der Waals surface area contributed by atoms with Crippen LogP contribution >= 0.6 is 0 Å². The van der Waals surface area contributed by atoms with Gasteiger partial charge < -0.3 is 9.26 Å². The fourth-order valence-electron chi connectivity index (χ4n) is 3.42. The minimum atomic E-state index is -0.305. The lowest BCUT2D eigenvalue weighted by Gasteiger charge is -2.30. The summed E-state index contributed by atoms with van der Waals surface area (Å²) < 4.78 is 24.7. The van der Waals surface area contributed by atoms with E-state index in [2.05, 4.69) is 15.0 Å². The Morgan fingerprint density at radius 1 is 1.15 bits per heavy atom. The van der Waals surface area contributed by atoms with Crippen molar-refractivity contribution in [3.8, 4) is 17.1 Å². The average molecular weight is 367 g/mol. The predicted molar refractivity (Wildman–Crippen MR) is 100 cm³/mol. The van der Waals surface area contributed by atoms with Crippen molar-refractivity contribution in [2.75, 3.05) is 26.2 Å². The van der Waals surface area contributed by atoms with Crippen LogP contribution in [0.2, 0.25) is 0 Å². The minimum absolute atomic E-state index is 0.199. The van der Waals surface area contributed by atoms with Crippen LogP contribution in [0.5, 0.6) is 5.75 Å². The number of halogens is 1. The van der Waals surface area contributed by atoms with E-state index >= 15 is 0 Å². The van der Waals surface area contributed by atoms with E-state index in [1.165, 1.54) is 12.1 Å². The van der Waals surface area contributed by atoms with Gasteiger partial charge in [0.2, 0.25) is 11.7 Å². The second kappa shape index (κ2) is 8.31. The molecule has 6 heteroatoms. The van der Waals surface area contributed by atoms with Crippen molar-refractivity contribution in [3.63, 3.8) is 0 Å². The Hall–Kier alpha value is -2.73. The SMILES string of the molecule is Fc1cccc(-c2noc(C3CCCN(CCOc4ccccc4)C3)n2)c1. The van der Waals surface area contributed by atoms with Gasteiger partial charge >= 0.3 is 0 Å². The third-order valence-corrected chi connectivity index (χ3v) is 4.80. The van der Waals surface area contributed by atoms with E-state index < -0.39 is 0 Å². The number of likely N-dealkylation sites (tertiary alicyclic amines) is 1. The number of para-hydroxylation sites is 1. The molecule has 1 fully saturated rings. The second-order valence-corrected chi connectivity index (χ2v) is 6.77. The maximum absolute atomic E-state index is 13.4. The van der Waals surface area contributed by atoms with Gasteiger partial charge in [-0.05, 0) is 43.7 Å². The Kier molecular flexibility index (Phi) is 5.44. The van der Waals surface area contributed by atoms with Crippen LogP contribution in [0.25, 0.3) is 11.4 Å². The molecule has 0 N–H and O–H groups in total. The number of ether oxygens (including phenoxy) is 1. The molecule has 2 heterocycles. The van der Waals surface area contributed by atoms with Gasteiger partial charge in [-0.3, -0.25) is 4.90 Å². The Morgan fingerprint density at radius 3 is 2.89 bits per heavy atom. The maximum Gasteiger partial charge on any atom is 0.231 e. The van der Waals surface area contributed by atoms with Gasteiger partial charge in [0.1, 0.15) is 18.2 Å². The summed E-state index contributed by atoms with van der Waals surface area (Å²) in [6, 6.07) is 16.1. The number of benzene rings is 2. The molecule has 0 aliphatic carbocycles. The van der Waals surface area contributed by atoms with E-state index in [0.717, 1.165) is 38.2 Å². The first-order valence-corrected chi connectivity index (χ1v) is 9.28. The van der Waals surface area contributed by atoms with E-state index in [-0.39, 0.29) is 11.7 Å². The monoisotopic (exact) mass is 367 g/mol. The molecule has 0 radical (unpaired) electrons. The van der Waals surface area contributed by atoms with Crippen molar-refractivity contribution >= 4 is 0 Å². The Labute approximate surface area is 157 Å². The van der Waals surface area contributed by atoms with Crippen molar-refractivity contribution in [1.29, 1.82) is 0 Å². The van der Waals surface area contributed by atoms with Gasteiger partial charge in [-0.25, -0.2) is 4.39 Å². The number of aromatic nitrogens is 2. The second-order valence-electron chi connectivity index (χ2n) is 6.77. The fourth-order valence-corrected chi connectivity index (χ4v) is 3.42. The lowest BCUT2D eigenvalue weighted by molar-refractivity contribution is 0.157. The molecule has 0 bridgehead atoms. The number of nitrogens with zero attached hydrogens (tertiary/aromatic N) is 3. The largest absolute Gasteiger partial charge is 0.492 e. The minimum Gasteiger partial charge on any atom is -0.492 e. The van der Waals surface area contributed by atoms with Crippen LogP contribution in [0, 0.1) is 5.82 Å². The highest BCUT2D eigenvalue weighted by atomic mass is 19.1. The summed E-state index contributed by atoms with van der Waals surface area (Å²) in [4.78, 5) is 6.87. The summed E-state index contributed by atoms with van der Waals surface area (Å²) in [6.07, 6.45) is 2.09. The number of rotatable bonds is 6. The third-order valence-electron chi connectivity index (χ3n) is 4.80. The van der Waals surface area contributed by atoms with Crippen LogP contribution in [0.3, 0.4) is 0 Å². The van der Waals surface area contributed by atoms with Crippen molar-refractivity contribution in [3.05, 3.63) is 66.3 Å². The van der Waals surface area contributed by atoms with Crippen LogP contribution in [0.4, 0.5) is 4.39 Å². The van der Waals surface area contributed by atoms with Crippen molar-refractivity contribution in [2.24, 2.45) is 0 Å². The fraction of sp³-hybridized carbons (Fsp3) is 0.333. The quantitative estimate of drug-likeness (QED) is 0.656. The summed E-state index contributed by atoms with van der Waals surface area (Å²) in [7, 11) is 0. The van der Waals surface area contributed by atoms with E-state index in [4.69, 9.17) is 9.26 Å². The summed E-state index contributed by atoms with van der Waals surface area (Å²) in [5, 5.41) is 4.03. The summed E-state index contributed by atoms with van der Waals surface area (Å²) >= 11 is 0. The summed E-state index contributed by atoms with van der Waals surface area (Å²) in [5.41, 5.74) is 0.633. The zero-order chi connectivity index (χ0) is 18.5. The van der Waals surface area contributed by atoms with E-state index in [9.17, 15) is 4.39 Å².